The van der Waals surface area contributed by atoms with E-state index in [-0.39, 0.29) is 10.6 Å². The average molecular weight is 301 g/mol. The van der Waals surface area contributed by atoms with E-state index in [1.54, 1.807) is 0 Å². The molecule has 0 amide bonds. The summed E-state index contributed by atoms with van der Waals surface area (Å²) in [6.45, 7) is 6.28. The molecular weight excluding hydrogens is 282 g/mol. The molecule has 1 rings (SSSR count). The van der Waals surface area contributed by atoms with Gasteiger partial charge in [-0.2, -0.15) is 0 Å². The minimum absolute atomic E-state index is 0.0461. The highest BCUT2D eigenvalue weighted by molar-refractivity contribution is 7.89. The number of nitrogens with zero attached hydrogens (tertiary/aromatic N) is 2. The summed E-state index contributed by atoms with van der Waals surface area (Å²) in [7, 11) is -3.88. The van der Waals surface area contributed by atoms with Crippen LogP contribution in [0.15, 0.2) is 23.1 Å². The molecule has 0 bridgehead atoms. The highest BCUT2D eigenvalue weighted by Crippen LogP contribution is 2.21. The summed E-state index contributed by atoms with van der Waals surface area (Å²) in [4.78, 5) is 12.3. The van der Waals surface area contributed by atoms with Gasteiger partial charge in [0.05, 0.1) is 9.82 Å². The van der Waals surface area contributed by atoms with E-state index in [1.165, 1.54) is 12.1 Å². The average Bonchev–Trinajstić information content (AvgIpc) is 2.38. The molecule has 0 saturated heterocycles. The van der Waals surface area contributed by atoms with Gasteiger partial charge in [-0.25, -0.2) is 13.6 Å². The van der Waals surface area contributed by atoms with Gasteiger partial charge in [0.15, 0.2) is 0 Å². The van der Waals surface area contributed by atoms with E-state index in [2.05, 4.69) is 4.90 Å². The van der Waals surface area contributed by atoms with Crippen molar-refractivity contribution in [2.24, 2.45) is 5.14 Å². The van der Waals surface area contributed by atoms with Crippen LogP contribution in [-0.4, -0.2) is 37.9 Å². The van der Waals surface area contributed by atoms with Crippen molar-refractivity contribution in [3.05, 3.63) is 33.9 Å². The Hall–Kier alpha value is -1.51. The van der Waals surface area contributed by atoms with Crippen LogP contribution in [0.2, 0.25) is 0 Å². The van der Waals surface area contributed by atoms with E-state index in [4.69, 9.17) is 5.14 Å². The van der Waals surface area contributed by atoms with Crippen molar-refractivity contribution in [2.75, 3.05) is 19.6 Å². The van der Waals surface area contributed by atoms with Gasteiger partial charge < -0.3 is 4.90 Å². The number of primary sulfonamides is 1. The first-order valence-corrected chi connectivity index (χ1v) is 7.86. The normalized spacial score (nSPS) is 11.8. The van der Waals surface area contributed by atoms with Crippen LogP contribution >= 0.6 is 0 Å². The summed E-state index contributed by atoms with van der Waals surface area (Å²) < 4.78 is 23.0. The maximum atomic E-state index is 11.5. The summed E-state index contributed by atoms with van der Waals surface area (Å²) >= 11 is 0. The molecule has 0 unspecified atom stereocenters. The first-order valence-electron chi connectivity index (χ1n) is 6.32. The number of sulfonamides is 1. The molecule has 0 radical (unpaired) electrons. The molecule has 7 nitrogen and oxygen atoms in total. The smallest absolute Gasteiger partial charge is 0.269 e. The third-order valence-electron chi connectivity index (χ3n) is 3.15. The zero-order valence-electron chi connectivity index (χ0n) is 11.6. The zero-order chi connectivity index (χ0) is 15.3. The van der Waals surface area contributed by atoms with Crippen LogP contribution in [0.3, 0.4) is 0 Å². The first kappa shape index (κ1) is 16.5. The van der Waals surface area contributed by atoms with Gasteiger partial charge in [-0.15, -0.1) is 0 Å². The van der Waals surface area contributed by atoms with Gasteiger partial charge in [-0.05, 0) is 31.1 Å². The summed E-state index contributed by atoms with van der Waals surface area (Å²) in [6.07, 6.45) is 0.398. The van der Waals surface area contributed by atoms with Crippen LogP contribution in [0.5, 0.6) is 0 Å². The van der Waals surface area contributed by atoms with Crippen molar-refractivity contribution in [1.29, 1.82) is 0 Å². The molecule has 0 fully saturated rings. The number of nitro groups is 1. The highest BCUT2D eigenvalue weighted by atomic mass is 32.2. The van der Waals surface area contributed by atoms with Crippen LogP contribution in [0.25, 0.3) is 0 Å². The fraction of sp³-hybridized carbons (Fsp3) is 0.500. The number of rotatable bonds is 7. The third kappa shape index (κ3) is 4.26. The first-order chi connectivity index (χ1) is 9.29. The molecule has 1 aromatic carbocycles. The number of nitro benzene ring substituents is 1. The fourth-order valence-electron chi connectivity index (χ4n) is 1.97. The van der Waals surface area contributed by atoms with Gasteiger partial charge in [-0.3, -0.25) is 10.1 Å². The summed E-state index contributed by atoms with van der Waals surface area (Å²) in [6, 6.07) is 3.63. The molecule has 0 heterocycles. The predicted octanol–water partition coefficient (Wildman–Crippen LogP) is 1.13. The maximum Gasteiger partial charge on any atom is 0.269 e. The lowest BCUT2D eigenvalue weighted by molar-refractivity contribution is -0.385. The Morgan fingerprint density at radius 1 is 1.30 bits per heavy atom. The molecule has 0 spiro atoms. The van der Waals surface area contributed by atoms with Crippen molar-refractivity contribution in [3.63, 3.8) is 0 Å². The van der Waals surface area contributed by atoms with Crippen molar-refractivity contribution in [1.82, 2.24) is 4.90 Å². The van der Waals surface area contributed by atoms with Crippen molar-refractivity contribution in [2.45, 2.75) is 25.2 Å². The molecule has 2 N–H and O–H groups in total. The van der Waals surface area contributed by atoms with E-state index >= 15 is 0 Å². The molecule has 0 aromatic heterocycles. The van der Waals surface area contributed by atoms with Gasteiger partial charge in [0, 0.05) is 18.7 Å². The summed E-state index contributed by atoms with van der Waals surface area (Å²) in [5, 5.41) is 15.9. The quantitative estimate of drug-likeness (QED) is 0.600. The van der Waals surface area contributed by atoms with Gasteiger partial charge in [0.25, 0.3) is 5.69 Å². The monoisotopic (exact) mass is 301 g/mol. The van der Waals surface area contributed by atoms with E-state index in [9.17, 15) is 18.5 Å². The second-order valence-electron chi connectivity index (χ2n) is 4.37. The molecule has 0 atom stereocenters. The fourth-order valence-corrected chi connectivity index (χ4v) is 2.75. The second-order valence-corrected chi connectivity index (χ2v) is 5.90. The summed E-state index contributed by atoms with van der Waals surface area (Å²) in [5.41, 5.74) is 0.251. The van der Waals surface area contributed by atoms with Crippen molar-refractivity contribution >= 4 is 15.7 Å². The Kier molecular flexibility index (Phi) is 5.61. The molecule has 0 aliphatic rings. The van der Waals surface area contributed by atoms with Crippen LogP contribution < -0.4 is 5.14 Å². The summed E-state index contributed by atoms with van der Waals surface area (Å²) in [5.74, 6) is 0. The molecular formula is C12H19N3O4S. The van der Waals surface area contributed by atoms with Gasteiger partial charge in [-0.1, -0.05) is 13.8 Å². The number of nitrogens with two attached hydrogens (primary N) is 1. The van der Waals surface area contributed by atoms with Gasteiger partial charge >= 0.3 is 0 Å². The molecule has 0 aliphatic carbocycles. The Labute approximate surface area is 118 Å². The van der Waals surface area contributed by atoms with Crippen molar-refractivity contribution < 1.29 is 13.3 Å². The van der Waals surface area contributed by atoms with Crippen LogP contribution in [-0.2, 0) is 16.4 Å². The highest BCUT2D eigenvalue weighted by Gasteiger charge is 2.18. The maximum absolute atomic E-state index is 11.5. The number of hydrogen-bond donors (Lipinski definition) is 1. The Balaban J connectivity index is 3.12. The minimum atomic E-state index is -3.88. The topological polar surface area (TPSA) is 107 Å². The van der Waals surface area contributed by atoms with E-state index < -0.39 is 14.9 Å². The van der Waals surface area contributed by atoms with E-state index in [1.807, 2.05) is 13.8 Å². The Morgan fingerprint density at radius 2 is 1.90 bits per heavy atom. The van der Waals surface area contributed by atoms with Crippen LogP contribution in [0.1, 0.15) is 19.4 Å². The predicted molar refractivity (Wildman–Crippen MR) is 76.0 cm³/mol. The number of benzene rings is 1. The Bertz CT molecular complexity index is 582. The van der Waals surface area contributed by atoms with Crippen LogP contribution in [0.4, 0.5) is 5.69 Å². The molecule has 20 heavy (non-hydrogen) atoms. The lowest BCUT2D eigenvalue weighted by atomic mass is 10.1. The molecule has 0 saturated carbocycles. The molecule has 112 valence electrons. The number of hydrogen-bond acceptors (Lipinski definition) is 5. The Morgan fingerprint density at radius 3 is 2.35 bits per heavy atom. The molecule has 8 heteroatoms. The lowest BCUT2D eigenvalue weighted by Gasteiger charge is -2.18. The third-order valence-corrected chi connectivity index (χ3v) is 4.16. The van der Waals surface area contributed by atoms with Gasteiger partial charge in [0.1, 0.15) is 0 Å². The second kappa shape index (κ2) is 6.78. The van der Waals surface area contributed by atoms with Crippen LogP contribution in [0, 0.1) is 10.1 Å². The number of non-ortho nitro benzene ring substituents is 1. The SMILES string of the molecule is CCN(CC)CCc1cc([N+](=O)[O-])ccc1S(N)(=O)=O. The van der Waals surface area contributed by atoms with Gasteiger partial charge in [0.2, 0.25) is 10.0 Å². The van der Waals surface area contributed by atoms with E-state index in [0.29, 0.717) is 18.5 Å². The molecule has 1 aromatic rings. The minimum Gasteiger partial charge on any atom is -0.304 e. The number of likely N-dealkylation sites (N-methyl/N-ethyl adjacent to an activating group) is 1. The van der Waals surface area contributed by atoms with Crippen molar-refractivity contribution in [3.8, 4) is 0 Å². The molecule has 0 aliphatic heterocycles. The zero-order valence-corrected chi connectivity index (χ0v) is 12.4. The standard InChI is InChI=1S/C12H19N3O4S/c1-3-14(4-2)8-7-10-9-11(15(16)17)5-6-12(10)20(13,18)19/h5-6,9H,3-4,7-8H2,1-2H3,(H2,13,18,19). The largest absolute Gasteiger partial charge is 0.304 e. The van der Waals surface area contributed by atoms with E-state index in [0.717, 1.165) is 19.2 Å². The lowest BCUT2D eigenvalue weighted by Crippen LogP contribution is -2.26.